The topological polar surface area (TPSA) is 83.4 Å². The van der Waals surface area contributed by atoms with Gasteiger partial charge in [0.25, 0.3) is 0 Å². The van der Waals surface area contributed by atoms with Crippen molar-refractivity contribution < 1.29 is 27.9 Å². The van der Waals surface area contributed by atoms with Gasteiger partial charge < -0.3 is 5.11 Å². The molecule has 92 valence electrons. The molecule has 0 radical (unpaired) electrons. The van der Waals surface area contributed by atoms with E-state index in [2.05, 4.69) is 10.2 Å². The Morgan fingerprint density at radius 1 is 1.29 bits per heavy atom. The minimum atomic E-state index is -5.03. The number of hydrogen-bond acceptors (Lipinski definition) is 4. The number of carbonyl (C=O) groups excluding carboxylic acids is 1. The molecule has 1 aromatic heterocycles. The molecule has 0 spiro atoms. The van der Waals surface area contributed by atoms with Gasteiger partial charge >= 0.3 is 18.1 Å². The molecular weight excluding hydrogens is 243 g/mol. The van der Waals surface area contributed by atoms with Crippen molar-refractivity contribution in [3.05, 3.63) is 17.8 Å². The summed E-state index contributed by atoms with van der Waals surface area (Å²) in [4.78, 5) is 21.4. The van der Waals surface area contributed by atoms with Gasteiger partial charge in [0, 0.05) is 7.05 Å². The van der Waals surface area contributed by atoms with Crippen molar-refractivity contribution >= 4 is 17.7 Å². The van der Waals surface area contributed by atoms with Crippen LogP contribution in [0, 0.1) is 0 Å². The van der Waals surface area contributed by atoms with E-state index in [1.54, 1.807) is 0 Å². The number of halogens is 3. The largest absolute Gasteiger partial charge is 0.476 e. The van der Waals surface area contributed by atoms with Crippen LogP contribution in [0.3, 0.4) is 0 Å². The van der Waals surface area contributed by atoms with E-state index in [-0.39, 0.29) is 4.90 Å². The van der Waals surface area contributed by atoms with Crippen molar-refractivity contribution in [2.45, 2.75) is 6.18 Å². The van der Waals surface area contributed by atoms with Crippen LogP contribution in [0.5, 0.6) is 0 Å². The highest BCUT2D eigenvalue weighted by Crippen LogP contribution is 2.20. The summed E-state index contributed by atoms with van der Waals surface area (Å²) in [6, 6.07) is 1.91. The molecule has 6 nitrogen and oxygen atoms in total. The fourth-order valence-electron chi connectivity index (χ4n) is 0.912. The first-order valence-electron chi connectivity index (χ1n) is 4.15. The van der Waals surface area contributed by atoms with Crippen LogP contribution < -0.4 is 4.90 Å². The summed E-state index contributed by atoms with van der Waals surface area (Å²) in [6.45, 7) is 0. The molecule has 0 aliphatic carbocycles. The van der Waals surface area contributed by atoms with Crippen LogP contribution in [0.4, 0.5) is 19.0 Å². The molecule has 17 heavy (non-hydrogen) atoms. The lowest BCUT2D eigenvalue weighted by molar-refractivity contribution is -0.170. The van der Waals surface area contributed by atoms with Crippen molar-refractivity contribution in [3.8, 4) is 0 Å². The minimum Gasteiger partial charge on any atom is -0.476 e. The van der Waals surface area contributed by atoms with Crippen molar-refractivity contribution in [1.29, 1.82) is 0 Å². The highest BCUT2D eigenvalue weighted by molar-refractivity contribution is 5.96. The first-order chi connectivity index (χ1) is 7.73. The third-order valence-corrected chi connectivity index (χ3v) is 1.76. The summed E-state index contributed by atoms with van der Waals surface area (Å²) >= 11 is 0. The van der Waals surface area contributed by atoms with Crippen molar-refractivity contribution in [2.24, 2.45) is 0 Å². The van der Waals surface area contributed by atoms with E-state index in [4.69, 9.17) is 5.11 Å². The van der Waals surface area contributed by atoms with E-state index < -0.39 is 29.6 Å². The second-order valence-corrected chi connectivity index (χ2v) is 2.94. The molecule has 0 bridgehead atoms. The maximum Gasteiger partial charge on any atom is 0.471 e. The van der Waals surface area contributed by atoms with E-state index in [0.29, 0.717) is 0 Å². The van der Waals surface area contributed by atoms with Gasteiger partial charge in [-0.25, -0.2) is 4.79 Å². The first-order valence-corrected chi connectivity index (χ1v) is 4.15. The van der Waals surface area contributed by atoms with Gasteiger partial charge in [-0.15, -0.1) is 10.2 Å². The number of rotatable bonds is 2. The molecule has 1 aromatic rings. The number of carbonyl (C=O) groups is 2. The number of amides is 1. The molecular formula is C8H6F3N3O3. The average Bonchev–Trinajstić information content (AvgIpc) is 2.26. The summed E-state index contributed by atoms with van der Waals surface area (Å²) in [5.74, 6) is -3.87. The maximum absolute atomic E-state index is 12.1. The van der Waals surface area contributed by atoms with Crippen LogP contribution >= 0.6 is 0 Å². The van der Waals surface area contributed by atoms with Crippen LogP contribution in [-0.4, -0.2) is 40.4 Å². The lowest BCUT2D eigenvalue weighted by Gasteiger charge is -2.16. The molecule has 0 aliphatic rings. The predicted molar refractivity (Wildman–Crippen MR) is 48.5 cm³/mol. The van der Waals surface area contributed by atoms with Crippen LogP contribution in [-0.2, 0) is 4.79 Å². The summed E-state index contributed by atoms with van der Waals surface area (Å²) in [5, 5.41) is 14.9. The Morgan fingerprint density at radius 2 is 1.88 bits per heavy atom. The molecule has 1 heterocycles. The van der Waals surface area contributed by atoms with Crippen molar-refractivity contribution in [2.75, 3.05) is 11.9 Å². The predicted octanol–water partition coefficient (Wildman–Crippen LogP) is 0.700. The second kappa shape index (κ2) is 4.36. The lowest BCUT2D eigenvalue weighted by Crippen LogP contribution is -2.39. The Morgan fingerprint density at radius 3 is 2.24 bits per heavy atom. The number of nitrogens with zero attached hydrogens (tertiary/aromatic N) is 3. The third-order valence-electron chi connectivity index (χ3n) is 1.76. The number of hydrogen-bond donors (Lipinski definition) is 1. The Hall–Kier alpha value is -2.19. The maximum atomic E-state index is 12.1. The van der Waals surface area contributed by atoms with Gasteiger partial charge in [-0.2, -0.15) is 13.2 Å². The van der Waals surface area contributed by atoms with E-state index in [1.165, 1.54) is 0 Å². The van der Waals surface area contributed by atoms with E-state index in [9.17, 15) is 22.8 Å². The normalized spacial score (nSPS) is 11.1. The molecule has 0 unspecified atom stereocenters. The monoisotopic (exact) mass is 249 g/mol. The fourth-order valence-corrected chi connectivity index (χ4v) is 0.912. The first kappa shape index (κ1) is 12.9. The van der Waals surface area contributed by atoms with E-state index >= 15 is 0 Å². The summed E-state index contributed by atoms with van der Waals surface area (Å²) in [5.41, 5.74) is -0.429. The number of aromatic nitrogens is 2. The molecule has 9 heteroatoms. The molecule has 1 rings (SSSR count). The Balaban J connectivity index is 2.94. The highest BCUT2D eigenvalue weighted by Gasteiger charge is 2.42. The SMILES string of the molecule is CN(C(=O)C(F)(F)F)c1ccc(C(=O)O)nn1. The van der Waals surface area contributed by atoms with E-state index in [0.717, 1.165) is 19.2 Å². The van der Waals surface area contributed by atoms with Gasteiger partial charge in [0.05, 0.1) is 0 Å². The van der Waals surface area contributed by atoms with E-state index in [1.807, 2.05) is 0 Å². The number of carboxylic acid groups (broad SMARTS) is 1. The third kappa shape index (κ3) is 2.89. The highest BCUT2D eigenvalue weighted by atomic mass is 19.4. The quantitative estimate of drug-likeness (QED) is 0.834. The molecule has 0 aromatic carbocycles. The summed E-state index contributed by atoms with van der Waals surface area (Å²) in [7, 11) is 0.861. The zero-order valence-corrected chi connectivity index (χ0v) is 8.39. The molecule has 1 amide bonds. The molecule has 0 fully saturated rings. The zero-order chi connectivity index (χ0) is 13.2. The fraction of sp³-hybridized carbons (Fsp3) is 0.250. The molecule has 0 saturated heterocycles. The number of anilines is 1. The zero-order valence-electron chi connectivity index (χ0n) is 8.39. The summed E-state index contributed by atoms with van der Waals surface area (Å²) < 4.78 is 36.2. The van der Waals surface area contributed by atoms with Gasteiger partial charge in [-0.3, -0.25) is 9.69 Å². The van der Waals surface area contributed by atoms with Gasteiger partial charge in [0.1, 0.15) is 0 Å². The van der Waals surface area contributed by atoms with Crippen LogP contribution in [0.1, 0.15) is 10.5 Å². The van der Waals surface area contributed by atoms with Gasteiger partial charge in [0.2, 0.25) is 0 Å². The molecule has 0 saturated carbocycles. The standard InChI is InChI=1S/C8H6F3N3O3/c1-14(7(17)8(9,10)11)5-3-2-4(6(15)16)12-13-5/h2-3H,1H3,(H,15,16). The van der Waals surface area contributed by atoms with Crippen LogP contribution in [0.25, 0.3) is 0 Å². The molecule has 0 aliphatic heterocycles. The van der Waals surface area contributed by atoms with Crippen molar-refractivity contribution in [3.63, 3.8) is 0 Å². The van der Waals surface area contributed by atoms with Gasteiger partial charge in [0.15, 0.2) is 11.5 Å². The Labute approximate surface area is 92.7 Å². The molecule has 1 N–H and O–H groups in total. The van der Waals surface area contributed by atoms with Crippen LogP contribution in [0.2, 0.25) is 0 Å². The number of carboxylic acids is 1. The smallest absolute Gasteiger partial charge is 0.471 e. The van der Waals surface area contributed by atoms with Gasteiger partial charge in [-0.1, -0.05) is 0 Å². The average molecular weight is 249 g/mol. The molecule has 0 atom stereocenters. The number of alkyl halides is 3. The van der Waals surface area contributed by atoms with Crippen LogP contribution in [0.15, 0.2) is 12.1 Å². The van der Waals surface area contributed by atoms with Gasteiger partial charge in [-0.05, 0) is 12.1 Å². The minimum absolute atomic E-state index is 0.235. The summed E-state index contributed by atoms with van der Waals surface area (Å²) in [6.07, 6.45) is -5.03. The second-order valence-electron chi connectivity index (χ2n) is 2.94. The number of aromatic carboxylic acids is 1. The van der Waals surface area contributed by atoms with Crippen molar-refractivity contribution in [1.82, 2.24) is 10.2 Å². The Bertz CT molecular complexity index is 444. The lowest BCUT2D eigenvalue weighted by atomic mass is 10.3. The Kier molecular flexibility index (Phi) is 3.30.